The van der Waals surface area contributed by atoms with Gasteiger partial charge in [0.1, 0.15) is 30.5 Å². The van der Waals surface area contributed by atoms with Gasteiger partial charge in [0.25, 0.3) is 0 Å². The summed E-state index contributed by atoms with van der Waals surface area (Å²) >= 11 is 0. The SMILES string of the molecule is C=C1[C@@H](O)[C@@H]2O[C@]3(CC[C@H](/C=C/[C@@H](C)[C@@H]4CC(C)=C[C@@]5(O[C@H](C[C@@](C)(O)C(=O)OC)CC[C@H]5O)O4)O3)CC[C@H]2O[C@@H]1[C@H](C[C@H](C)[C@H]1O[C@]2(CC[C@H]1C)OCCC[C@H]2C)OC(C)=O. The van der Waals surface area contributed by atoms with E-state index in [2.05, 4.69) is 40.3 Å². The average Bonchev–Trinajstić information content (AvgIpc) is 3.62. The maximum Gasteiger partial charge on any atom is 0.337 e. The van der Waals surface area contributed by atoms with Gasteiger partial charge in [-0.1, -0.05) is 52.0 Å². The van der Waals surface area contributed by atoms with Gasteiger partial charge in [-0.15, -0.1) is 0 Å². The molecular weight excluding hydrogens is 801 g/mol. The zero-order valence-corrected chi connectivity index (χ0v) is 38.3. The first-order valence-corrected chi connectivity index (χ1v) is 23.4. The first kappa shape index (κ1) is 47.7. The third-order valence-corrected chi connectivity index (χ3v) is 15.0. The molecule has 3 N–H and O–H groups in total. The van der Waals surface area contributed by atoms with Crippen molar-refractivity contribution in [3.05, 3.63) is 36.0 Å². The number of carbonyl (C=O) groups excluding carboxylic acids is 2. The van der Waals surface area contributed by atoms with Crippen LogP contribution in [-0.4, -0.2) is 125 Å². The van der Waals surface area contributed by atoms with Gasteiger partial charge in [-0.05, 0) is 95.1 Å². The van der Waals surface area contributed by atoms with E-state index < -0.39 is 77.6 Å². The Kier molecular flexibility index (Phi) is 14.6. The number of carbonyl (C=O) groups is 2. The average molecular weight is 875 g/mol. The van der Waals surface area contributed by atoms with E-state index in [9.17, 15) is 24.9 Å². The molecule has 0 unspecified atom stereocenters. The molecule has 7 aliphatic heterocycles. The monoisotopic (exact) mass is 875 g/mol. The lowest BCUT2D eigenvalue weighted by molar-refractivity contribution is -0.334. The zero-order valence-electron chi connectivity index (χ0n) is 38.3. The first-order valence-electron chi connectivity index (χ1n) is 23.4. The number of hydrogen-bond acceptors (Lipinski definition) is 14. The van der Waals surface area contributed by atoms with E-state index in [-0.39, 0.29) is 36.6 Å². The van der Waals surface area contributed by atoms with Gasteiger partial charge < -0.3 is 58.0 Å². The molecule has 350 valence electrons. The van der Waals surface area contributed by atoms with Crippen molar-refractivity contribution < 1.29 is 67.5 Å². The zero-order chi connectivity index (χ0) is 44.8. The normalized spacial score (nSPS) is 43.8. The van der Waals surface area contributed by atoms with Crippen molar-refractivity contribution in [3.63, 3.8) is 0 Å². The fraction of sp³-hybridized carbons (Fsp3) is 0.833. The second-order valence-electron chi connectivity index (χ2n) is 20.1. The smallest absolute Gasteiger partial charge is 0.337 e. The minimum absolute atomic E-state index is 0.00690. The second kappa shape index (κ2) is 18.9. The number of hydrogen-bond donors (Lipinski definition) is 3. The van der Waals surface area contributed by atoms with E-state index in [4.69, 9.17) is 42.6 Å². The van der Waals surface area contributed by atoms with Crippen LogP contribution in [0.15, 0.2) is 36.0 Å². The highest BCUT2D eigenvalue weighted by Crippen LogP contribution is 2.48. The first-order chi connectivity index (χ1) is 29.3. The van der Waals surface area contributed by atoms with Gasteiger partial charge in [0, 0.05) is 44.4 Å². The van der Waals surface area contributed by atoms with Gasteiger partial charge in [0.05, 0.1) is 44.2 Å². The Hall–Kier alpha value is -2.24. The third kappa shape index (κ3) is 9.95. The van der Waals surface area contributed by atoms with Crippen LogP contribution in [0.1, 0.15) is 132 Å². The van der Waals surface area contributed by atoms with Crippen molar-refractivity contribution in [2.75, 3.05) is 13.7 Å². The molecule has 62 heavy (non-hydrogen) atoms. The standard InChI is InChI=1S/C48H74O14/c1-27-23-37(60-48(25-27)39(50)15-14-35(59-48)26-45(8,53)44(52)54-9)28(2)12-13-34-17-19-46(58-34)20-18-36-43(61-46)40(51)32(6)42(57-36)38(56-33(7)49)24-30(4)41-29(3)16-21-47(62-41)31(5)11-10-22-55-47/h12-13,25,28-31,34-43,50-51,53H,6,10-11,14-24,26H2,1-5,7-9H3/b13-12+/t28-,29-,30+,31-,34+,35+,36-,37+,38+,39-,40-,41+,42+,43-,45-,46-,47+,48-/m1/s1. The summed E-state index contributed by atoms with van der Waals surface area (Å²) in [6.07, 6.45) is 8.71. The summed E-state index contributed by atoms with van der Waals surface area (Å²) in [7, 11) is 1.23. The summed E-state index contributed by atoms with van der Waals surface area (Å²) in [5, 5.41) is 33.7. The van der Waals surface area contributed by atoms with Crippen LogP contribution in [-0.2, 0) is 52.2 Å². The van der Waals surface area contributed by atoms with Crippen LogP contribution in [0.5, 0.6) is 0 Å². The number of aliphatic hydroxyl groups excluding tert-OH is 2. The molecule has 6 fully saturated rings. The minimum atomic E-state index is -1.74. The molecule has 0 radical (unpaired) electrons. The van der Waals surface area contributed by atoms with Gasteiger partial charge in [-0.2, -0.15) is 0 Å². The summed E-state index contributed by atoms with van der Waals surface area (Å²) < 4.78 is 56.9. The molecule has 0 bridgehead atoms. The number of aliphatic hydroxyl groups is 3. The molecule has 18 atom stereocenters. The molecule has 7 aliphatic rings. The van der Waals surface area contributed by atoms with Gasteiger partial charge in [0.15, 0.2) is 17.2 Å². The second-order valence-corrected chi connectivity index (χ2v) is 20.1. The van der Waals surface area contributed by atoms with E-state index in [0.29, 0.717) is 69.0 Å². The van der Waals surface area contributed by atoms with E-state index >= 15 is 0 Å². The Balaban J connectivity index is 0.953. The fourth-order valence-corrected chi connectivity index (χ4v) is 11.4. The Morgan fingerprint density at radius 2 is 1.77 bits per heavy atom. The van der Waals surface area contributed by atoms with Gasteiger partial charge in [-0.3, -0.25) is 4.79 Å². The van der Waals surface area contributed by atoms with Crippen molar-refractivity contribution in [1.82, 2.24) is 0 Å². The highest BCUT2D eigenvalue weighted by molar-refractivity contribution is 5.78. The van der Waals surface area contributed by atoms with Gasteiger partial charge in [0.2, 0.25) is 5.79 Å². The third-order valence-electron chi connectivity index (χ3n) is 15.0. The van der Waals surface area contributed by atoms with E-state index in [1.54, 1.807) is 0 Å². The number of fused-ring (bicyclic) bond motifs is 1. The maximum absolute atomic E-state index is 12.5. The fourth-order valence-electron chi connectivity index (χ4n) is 11.4. The quantitative estimate of drug-likeness (QED) is 0.160. The predicted molar refractivity (Wildman–Crippen MR) is 226 cm³/mol. The summed E-state index contributed by atoms with van der Waals surface area (Å²) in [5.74, 6) is -3.51. The molecule has 0 amide bonds. The van der Waals surface area contributed by atoms with Crippen LogP contribution >= 0.6 is 0 Å². The molecule has 7 heterocycles. The van der Waals surface area contributed by atoms with Crippen molar-refractivity contribution in [1.29, 1.82) is 0 Å². The molecule has 0 aromatic rings. The summed E-state index contributed by atoms with van der Waals surface area (Å²) in [4.78, 5) is 24.7. The number of methoxy groups -OCH3 is 1. The van der Waals surface area contributed by atoms with Crippen molar-refractivity contribution in [3.8, 4) is 0 Å². The molecular formula is C48H74O14. The van der Waals surface area contributed by atoms with Crippen LogP contribution in [0.25, 0.3) is 0 Å². The van der Waals surface area contributed by atoms with E-state index in [0.717, 1.165) is 37.7 Å². The van der Waals surface area contributed by atoms with Crippen LogP contribution in [0.2, 0.25) is 0 Å². The lowest BCUT2D eigenvalue weighted by Crippen LogP contribution is -2.60. The summed E-state index contributed by atoms with van der Waals surface area (Å²) in [5.41, 5.74) is -0.306. The van der Waals surface area contributed by atoms with Crippen molar-refractivity contribution in [2.24, 2.45) is 23.7 Å². The molecule has 0 aliphatic carbocycles. The Labute approximate surface area is 368 Å². The predicted octanol–water partition coefficient (Wildman–Crippen LogP) is 6.12. The Bertz CT molecular complexity index is 1680. The number of ether oxygens (including phenoxy) is 9. The van der Waals surface area contributed by atoms with Crippen LogP contribution in [0.4, 0.5) is 0 Å². The lowest BCUT2D eigenvalue weighted by Gasteiger charge is -2.51. The molecule has 0 saturated carbocycles. The van der Waals surface area contributed by atoms with Crippen LogP contribution in [0, 0.1) is 23.7 Å². The molecule has 7 rings (SSSR count). The Morgan fingerprint density at radius 1 is 1.02 bits per heavy atom. The van der Waals surface area contributed by atoms with Crippen molar-refractivity contribution in [2.45, 2.75) is 216 Å². The van der Waals surface area contributed by atoms with E-state index in [1.807, 2.05) is 19.1 Å². The molecule has 14 heteroatoms. The molecule has 0 aromatic heterocycles. The molecule has 0 aromatic carbocycles. The lowest BCUT2D eigenvalue weighted by atomic mass is 9.78. The largest absolute Gasteiger partial charge is 0.467 e. The minimum Gasteiger partial charge on any atom is -0.467 e. The molecule has 6 saturated heterocycles. The van der Waals surface area contributed by atoms with Gasteiger partial charge >= 0.3 is 11.9 Å². The molecule has 3 spiro atoms. The van der Waals surface area contributed by atoms with Gasteiger partial charge in [-0.25, -0.2) is 4.79 Å². The Morgan fingerprint density at radius 3 is 2.50 bits per heavy atom. The summed E-state index contributed by atoms with van der Waals surface area (Å²) in [6, 6.07) is 0. The number of rotatable bonds is 11. The van der Waals surface area contributed by atoms with Crippen LogP contribution in [0.3, 0.4) is 0 Å². The summed E-state index contributed by atoms with van der Waals surface area (Å²) in [6.45, 7) is 18.4. The topological polar surface area (TPSA) is 178 Å². The highest BCUT2D eigenvalue weighted by atomic mass is 16.7. The number of esters is 2. The van der Waals surface area contributed by atoms with E-state index in [1.165, 1.54) is 21.0 Å². The maximum atomic E-state index is 12.5. The molecule has 14 nitrogen and oxygen atoms in total. The van der Waals surface area contributed by atoms with Crippen molar-refractivity contribution >= 4 is 11.9 Å². The van der Waals surface area contributed by atoms with Crippen LogP contribution < -0.4 is 0 Å². The highest BCUT2D eigenvalue weighted by Gasteiger charge is 2.56.